The maximum atomic E-state index is 12.4. The molecule has 1 rings (SSSR count). The van der Waals surface area contributed by atoms with E-state index in [-0.39, 0.29) is 5.78 Å². The van der Waals surface area contributed by atoms with E-state index in [0.29, 0.717) is 22.8 Å². The van der Waals surface area contributed by atoms with Gasteiger partial charge in [0.2, 0.25) is 0 Å². The lowest BCUT2D eigenvalue weighted by atomic mass is 10.1. The summed E-state index contributed by atoms with van der Waals surface area (Å²) in [6.45, 7) is 2.07. The molecule has 4 nitrogen and oxygen atoms in total. The van der Waals surface area contributed by atoms with E-state index in [1.807, 2.05) is 24.5 Å². The average Bonchev–Trinajstić information content (AvgIpc) is 2.51. The molecule has 0 amide bonds. The highest BCUT2D eigenvalue weighted by Crippen LogP contribution is 2.19. The largest absolute Gasteiger partial charge is 0.461 e. The number of Topliss-reactive ketones (excluding diaryl/α,β-unsaturated/α-hetero) is 1. The van der Waals surface area contributed by atoms with Crippen LogP contribution >= 0.6 is 11.8 Å². The number of thioether (sulfide) groups is 1. The Morgan fingerprint density at radius 2 is 1.82 bits per heavy atom. The van der Waals surface area contributed by atoms with Crippen LogP contribution in [0, 0.1) is 0 Å². The summed E-state index contributed by atoms with van der Waals surface area (Å²) in [6, 6.07) is 9.06. The predicted molar refractivity (Wildman–Crippen MR) is 90.8 cm³/mol. The Bertz CT molecular complexity index is 577. The molecule has 0 unspecified atom stereocenters. The number of carbonyl (C=O) groups excluding carboxylic acids is 2. The molecule has 0 aliphatic rings. The number of benzene rings is 1. The van der Waals surface area contributed by atoms with Crippen molar-refractivity contribution in [1.29, 1.82) is 0 Å². The van der Waals surface area contributed by atoms with E-state index in [2.05, 4.69) is 0 Å². The smallest absolute Gasteiger partial charge is 0.354 e. The third-order valence-corrected chi connectivity index (χ3v) is 3.60. The maximum Gasteiger partial charge on any atom is 0.354 e. The summed E-state index contributed by atoms with van der Waals surface area (Å²) in [6.07, 6.45) is 5.11. The number of hydrogen-bond acceptors (Lipinski definition) is 5. The van der Waals surface area contributed by atoms with Crippen LogP contribution in [0.5, 0.6) is 0 Å². The third kappa shape index (κ3) is 5.07. The van der Waals surface area contributed by atoms with Gasteiger partial charge in [-0.2, -0.15) is 0 Å². The van der Waals surface area contributed by atoms with E-state index in [1.165, 1.54) is 11.8 Å². The van der Waals surface area contributed by atoms with Gasteiger partial charge in [-0.15, -0.1) is 11.8 Å². The van der Waals surface area contributed by atoms with Gasteiger partial charge < -0.3 is 9.64 Å². The van der Waals surface area contributed by atoms with Crippen molar-refractivity contribution in [3.8, 4) is 0 Å². The van der Waals surface area contributed by atoms with Crippen molar-refractivity contribution in [3.05, 3.63) is 58.6 Å². The minimum Gasteiger partial charge on any atom is -0.461 e. The highest BCUT2D eigenvalue weighted by Gasteiger charge is 2.14. The van der Waals surface area contributed by atoms with E-state index in [4.69, 9.17) is 4.74 Å². The zero-order chi connectivity index (χ0) is 16.5. The topological polar surface area (TPSA) is 46.6 Å². The summed E-state index contributed by atoms with van der Waals surface area (Å²) >= 11 is 1.35. The zero-order valence-corrected chi connectivity index (χ0v) is 14.1. The van der Waals surface area contributed by atoms with Crippen molar-refractivity contribution in [1.82, 2.24) is 4.90 Å². The number of rotatable bonds is 7. The Labute approximate surface area is 135 Å². The fraction of sp³-hybridized carbons (Fsp3) is 0.294. The Kier molecular flexibility index (Phi) is 7.46. The predicted octanol–water partition coefficient (Wildman–Crippen LogP) is 3.12. The average molecular weight is 319 g/mol. The Balaban J connectivity index is 3.06. The molecule has 0 radical (unpaired) electrons. The van der Waals surface area contributed by atoms with E-state index >= 15 is 0 Å². The fourth-order valence-electron chi connectivity index (χ4n) is 1.73. The first-order valence-electron chi connectivity index (χ1n) is 6.91. The van der Waals surface area contributed by atoms with Crippen molar-refractivity contribution in [2.75, 3.05) is 27.0 Å². The lowest BCUT2D eigenvalue weighted by Crippen LogP contribution is -2.21. The van der Waals surface area contributed by atoms with Gasteiger partial charge in [-0.1, -0.05) is 30.3 Å². The normalized spacial score (nSPS) is 12.0. The minimum atomic E-state index is -0.406. The van der Waals surface area contributed by atoms with Crippen LogP contribution in [0.15, 0.2) is 53.1 Å². The second-order valence-electron chi connectivity index (χ2n) is 4.60. The molecule has 0 saturated carbocycles. The molecule has 1 aromatic rings. The van der Waals surface area contributed by atoms with Crippen molar-refractivity contribution < 1.29 is 14.3 Å². The first-order valence-corrected chi connectivity index (χ1v) is 8.13. The molecule has 0 saturated heterocycles. The van der Waals surface area contributed by atoms with Gasteiger partial charge in [0.15, 0.2) is 5.78 Å². The van der Waals surface area contributed by atoms with Crippen molar-refractivity contribution in [2.45, 2.75) is 6.92 Å². The molecular weight excluding hydrogens is 298 g/mol. The molecule has 0 aliphatic carbocycles. The van der Waals surface area contributed by atoms with Crippen LogP contribution < -0.4 is 0 Å². The highest BCUT2D eigenvalue weighted by atomic mass is 32.2. The standard InChI is InChI=1S/C17H21NO3S/c1-5-21-17(20)14(18(2)3)11-12-15(22-4)16(19)13-9-7-6-8-10-13/h6-12H,5H2,1-4H3/b14-11-,15-12-. The van der Waals surface area contributed by atoms with Crippen LogP contribution in [-0.4, -0.2) is 43.6 Å². The number of likely N-dealkylation sites (N-methyl/N-ethyl adjacent to an activating group) is 1. The van der Waals surface area contributed by atoms with Gasteiger partial charge in [-0.3, -0.25) is 4.79 Å². The molecular formula is C17H21NO3S. The number of ketones is 1. The molecule has 5 heteroatoms. The maximum absolute atomic E-state index is 12.4. The van der Waals surface area contributed by atoms with E-state index < -0.39 is 5.97 Å². The molecule has 118 valence electrons. The van der Waals surface area contributed by atoms with Crippen molar-refractivity contribution in [2.24, 2.45) is 0 Å². The summed E-state index contributed by atoms with van der Waals surface area (Å²) in [4.78, 5) is 26.5. The number of ether oxygens (including phenoxy) is 1. The summed E-state index contributed by atoms with van der Waals surface area (Å²) in [7, 11) is 3.52. The van der Waals surface area contributed by atoms with Crippen LogP contribution in [0.25, 0.3) is 0 Å². The molecule has 22 heavy (non-hydrogen) atoms. The lowest BCUT2D eigenvalue weighted by molar-refractivity contribution is -0.140. The third-order valence-electron chi connectivity index (χ3n) is 2.84. The van der Waals surface area contributed by atoms with E-state index in [0.717, 1.165) is 0 Å². The lowest BCUT2D eigenvalue weighted by Gasteiger charge is -2.15. The van der Waals surface area contributed by atoms with Gasteiger partial charge in [0.25, 0.3) is 0 Å². The first kappa shape index (κ1) is 18.0. The van der Waals surface area contributed by atoms with Crippen LogP contribution in [-0.2, 0) is 9.53 Å². The minimum absolute atomic E-state index is 0.0636. The van der Waals surface area contributed by atoms with Gasteiger partial charge in [-0.25, -0.2) is 4.79 Å². The summed E-state index contributed by atoms with van der Waals surface area (Å²) in [5.41, 5.74) is 1.02. The van der Waals surface area contributed by atoms with Crippen LogP contribution in [0.3, 0.4) is 0 Å². The number of allylic oxidation sites excluding steroid dienone is 3. The van der Waals surface area contributed by atoms with Crippen LogP contribution in [0.1, 0.15) is 17.3 Å². The molecule has 0 atom stereocenters. The molecule has 0 aliphatic heterocycles. The Morgan fingerprint density at radius 1 is 1.18 bits per heavy atom. The summed E-state index contributed by atoms with van der Waals surface area (Å²) in [5, 5.41) is 0. The zero-order valence-electron chi connectivity index (χ0n) is 13.3. The summed E-state index contributed by atoms with van der Waals surface area (Å²) < 4.78 is 5.01. The summed E-state index contributed by atoms with van der Waals surface area (Å²) in [5.74, 6) is -0.470. The number of carbonyl (C=O) groups is 2. The first-order chi connectivity index (χ1) is 10.5. The highest BCUT2D eigenvalue weighted by molar-refractivity contribution is 8.03. The van der Waals surface area contributed by atoms with Gasteiger partial charge in [0, 0.05) is 19.7 Å². The molecule has 0 fully saturated rings. The monoisotopic (exact) mass is 319 g/mol. The second kappa shape index (κ2) is 9.10. The molecule has 0 N–H and O–H groups in total. The SMILES string of the molecule is CCOC(=O)/C(=C/C=C(\SC)C(=O)c1ccccc1)N(C)C. The fourth-order valence-corrected chi connectivity index (χ4v) is 2.23. The molecule has 0 spiro atoms. The van der Waals surface area contributed by atoms with Crippen molar-refractivity contribution >= 4 is 23.5 Å². The molecule has 0 bridgehead atoms. The Hall–Kier alpha value is -2.01. The second-order valence-corrected chi connectivity index (χ2v) is 5.45. The van der Waals surface area contributed by atoms with Crippen LogP contribution in [0.4, 0.5) is 0 Å². The van der Waals surface area contributed by atoms with E-state index in [1.54, 1.807) is 50.2 Å². The number of hydrogen-bond donors (Lipinski definition) is 0. The van der Waals surface area contributed by atoms with Gasteiger partial charge in [0.05, 0.1) is 11.5 Å². The number of esters is 1. The van der Waals surface area contributed by atoms with Gasteiger partial charge in [-0.05, 0) is 25.3 Å². The molecule has 0 heterocycles. The quantitative estimate of drug-likeness (QED) is 0.334. The molecule has 0 aromatic heterocycles. The van der Waals surface area contributed by atoms with Gasteiger partial charge in [0.1, 0.15) is 5.70 Å². The van der Waals surface area contributed by atoms with Gasteiger partial charge >= 0.3 is 5.97 Å². The van der Waals surface area contributed by atoms with Crippen molar-refractivity contribution in [3.63, 3.8) is 0 Å². The van der Waals surface area contributed by atoms with E-state index in [9.17, 15) is 9.59 Å². The number of nitrogens with zero attached hydrogens (tertiary/aromatic N) is 1. The Morgan fingerprint density at radius 3 is 2.32 bits per heavy atom. The molecule has 1 aromatic carbocycles. The van der Waals surface area contributed by atoms with Crippen LogP contribution in [0.2, 0.25) is 0 Å².